The Hall–Kier alpha value is -2.02. The molecule has 60 valence electrons. The van der Waals surface area contributed by atoms with Gasteiger partial charge in [-0.3, -0.25) is 0 Å². The zero-order chi connectivity index (χ0) is 8.97. The predicted molar refractivity (Wildman–Crippen MR) is 41.4 cm³/mol. The molecule has 0 aliphatic rings. The number of nitriles is 1. The summed E-state index contributed by atoms with van der Waals surface area (Å²) < 4.78 is 4.54. The van der Waals surface area contributed by atoms with E-state index >= 15 is 0 Å². The predicted octanol–water partition coefficient (Wildman–Crippen LogP) is 1.02. The van der Waals surface area contributed by atoms with Gasteiger partial charge in [0.05, 0.1) is 11.6 Å². The summed E-state index contributed by atoms with van der Waals surface area (Å²) in [6, 6.07) is 8.02. The van der Waals surface area contributed by atoms with Gasteiger partial charge in [0, 0.05) is 0 Å². The zero-order valence-electron chi connectivity index (χ0n) is 6.15. The van der Waals surface area contributed by atoms with Crippen molar-refractivity contribution >= 4 is 6.09 Å². The Balaban J connectivity index is 2.80. The summed E-state index contributed by atoms with van der Waals surface area (Å²) in [7, 11) is 0. The quantitative estimate of drug-likeness (QED) is 0.669. The van der Waals surface area contributed by atoms with Crippen molar-refractivity contribution in [2.24, 2.45) is 5.73 Å². The summed E-state index contributed by atoms with van der Waals surface area (Å²) in [5, 5.41) is 8.43. The van der Waals surface area contributed by atoms with Gasteiger partial charge >= 0.3 is 6.09 Å². The molecule has 0 aliphatic carbocycles. The molecule has 1 aromatic rings. The van der Waals surface area contributed by atoms with Crippen LogP contribution in [0.5, 0.6) is 5.75 Å². The van der Waals surface area contributed by atoms with Crippen LogP contribution < -0.4 is 10.5 Å². The number of amides is 1. The number of nitrogens with zero attached hydrogens (tertiary/aromatic N) is 1. The monoisotopic (exact) mass is 162 g/mol. The average Bonchev–Trinajstić information content (AvgIpc) is 2.05. The molecule has 0 aliphatic heterocycles. The van der Waals surface area contributed by atoms with Crippen LogP contribution in [0.3, 0.4) is 0 Å². The van der Waals surface area contributed by atoms with Gasteiger partial charge in [0.1, 0.15) is 5.75 Å². The fraction of sp³-hybridized carbons (Fsp3) is 0. The topological polar surface area (TPSA) is 76.1 Å². The molecule has 2 N–H and O–H groups in total. The normalized spacial score (nSPS) is 8.58. The fourth-order valence-corrected chi connectivity index (χ4v) is 0.714. The van der Waals surface area contributed by atoms with E-state index in [-0.39, 0.29) is 0 Å². The van der Waals surface area contributed by atoms with Gasteiger partial charge in [-0.25, -0.2) is 4.79 Å². The van der Waals surface area contributed by atoms with Gasteiger partial charge in [-0.05, 0) is 24.3 Å². The maximum absolute atomic E-state index is 10.3. The van der Waals surface area contributed by atoms with Gasteiger partial charge in [-0.2, -0.15) is 5.26 Å². The van der Waals surface area contributed by atoms with Gasteiger partial charge < -0.3 is 10.5 Å². The van der Waals surface area contributed by atoms with Crippen LogP contribution >= 0.6 is 0 Å². The van der Waals surface area contributed by atoms with Crippen molar-refractivity contribution in [3.63, 3.8) is 0 Å². The lowest BCUT2D eigenvalue weighted by Crippen LogP contribution is -2.16. The van der Waals surface area contributed by atoms with Crippen molar-refractivity contribution in [2.45, 2.75) is 0 Å². The number of carbonyl (C=O) groups excluding carboxylic acids is 1. The Morgan fingerprint density at radius 3 is 2.42 bits per heavy atom. The highest BCUT2D eigenvalue weighted by molar-refractivity contribution is 5.68. The lowest BCUT2D eigenvalue weighted by molar-refractivity contribution is 0.211. The minimum absolute atomic E-state index is 0.335. The minimum Gasteiger partial charge on any atom is -0.411 e. The SMILES string of the molecule is N#Cc1ccc(OC(N)=O)cc1. The summed E-state index contributed by atoms with van der Waals surface area (Å²) in [6.45, 7) is 0. The first-order valence-corrected chi connectivity index (χ1v) is 3.20. The maximum atomic E-state index is 10.3. The number of primary amides is 1. The Bertz CT molecular complexity index is 324. The van der Waals surface area contributed by atoms with Gasteiger partial charge in [-0.15, -0.1) is 0 Å². The molecule has 4 nitrogen and oxygen atoms in total. The largest absolute Gasteiger partial charge is 0.411 e. The zero-order valence-corrected chi connectivity index (χ0v) is 6.15. The van der Waals surface area contributed by atoms with Crippen LogP contribution in [0.25, 0.3) is 0 Å². The number of rotatable bonds is 1. The molecule has 0 bridgehead atoms. The van der Waals surface area contributed by atoms with Crippen molar-refractivity contribution in [3.8, 4) is 11.8 Å². The highest BCUT2D eigenvalue weighted by Crippen LogP contribution is 2.10. The average molecular weight is 162 g/mol. The second-order valence-corrected chi connectivity index (χ2v) is 2.06. The Kier molecular flexibility index (Phi) is 2.29. The fourth-order valence-electron chi connectivity index (χ4n) is 0.714. The molecule has 0 fully saturated rings. The summed E-state index contributed by atoms with van der Waals surface area (Å²) in [5.41, 5.74) is 5.28. The van der Waals surface area contributed by atoms with Crippen molar-refractivity contribution in [1.29, 1.82) is 5.26 Å². The molecular weight excluding hydrogens is 156 g/mol. The number of hydrogen-bond donors (Lipinski definition) is 1. The number of ether oxygens (including phenoxy) is 1. The Morgan fingerprint density at radius 1 is 1.42 bits per heavy atom. The van der Waals surface area contributed by atoms with Crippen LogP contribution in [0.15, 0.2) is 24.3 Å². The molecule has 0 radical (unpaired) electrons. The lowest BCUT2D eigenvalue weighted by atomic mass is 10.2. The molecular formula is C8H6N2O2. The number of nitrogens with two attached hydrogens (primary N) is 1. The van der Waals surface area contributed by atoms with E-state index in [0.29, 0.717) is 11.3 Å². The summed E-state index contributed by atoms with van der Waals surface area (Å²) in [5.74, 6) is 0.335. The smallest absolute Gasteiger partial charge is 0.409 e. The van der Waals surface area contributed by atoms with Gasteiger partial charge in [0.2, 0.25) is 0 Å². The summed E-state index contributed by atoms with van der Waals surface area (Å²) in [4.78, 5) is 10.3. The van der Waals surface area contributed by atoms with Crippen LogP contribution in [0.4, 0.5) is 4.79 Å². The van der Waals surface area contributed by atoms with Crippen molar-refractivity contribution in [3.05, 3.63) is 29.8 Å². The van der Waals surface area contributed by atoms with E-state index in [1.165, 1.54) is 24.3 Å². The Morgan fingerprint density at radius 2 is 2.00 bits per heavy atom. The van der Waals surface area contributed by atoms with E-state index in [4.69, 9.17) is 11.0 Å². The van der Waals surface area contributed by atoms with Crippen LogP contribution in [-0.2, 0) is 0 Å². The molecule has 1 rings (SSSR count). The second-order valence-electron chi connectivity index (χ2n) is 2.06. The molecule has 0 atom stereocenters. The van der Waals surface area contributed by atoms with E-state index in [0.717, 1.165) is 0 Å². The Labute approximate surface area is 69.2 Å². The number of hydrogen-bond acceptors (Lipinski definition) is 3. The molecule has 0 saturated heterocycles. The van der Waals surface area contributed by atoms with Gasteiger partial charge in [0.15, 0.2) is 0 Å². The third-order valence-corrected chi connectivity index (χ3v) is 1.20. The highest BCUT2D eigenvalue weighted by Gasteiger charge is 1.97. The highest BCUT2D eigenvalue weighted by atomic mass is 16.5. The van der Waals surface area contributed by atoms with E-state index in [2.05, 4.69) is 4.74 Å². The molecule has 0 heterocycles. The van der Waals surface area contributed by atoms with E-state index in [1.807, 2.05) is 6.07 Å². The van der Waals surface area contributed by atoms with E-state index < -0.39 is 6.09 Å². The molecule has 1 aromatic carbocycles. The van der Waals surface area contributed by atoms with Gasteiger partial charge in [-0.1, -0.05) is 0 Å². The molecule has 4 heteroatoms. The first-order chi connectivity index (χ1) is 5.72. The van der Waals surface area contributed by atoms with Gasteiger partial charge in [0.25, 0.3) is 0 Å². The van der Waals surface area contributed by atoms with E-state index in [9.17, 15) is 4.79 Å². The third-order valence-electron chi connectivity index (χ3n) is 1.20. The summed E-state index contributed by atoms with van der Waals surface area (Å²) in [6.07, 6.45) is -0.861. The molecule has 0 spiro atoms. The lowest BCUT2D eigenvalue weighted by Gasteiger charge is -1.98. The van der Waals surface area contributed by atoms with Crippen LogP contribution in [-0.4, -0.2) is 6.09 Å². The summed E-state index contributed by atoms with van der Waals surface area (Å²) >= 11 is 0. The van der Waals surface area contributed by atoms with Crippen LogP contribution in [0.1, 0.15) is 5.56 Å². The number of benzene rings is 1. The molecule has 1 amide bonds. The third kappa shape index (κ3) is 1.99. The molecule has 0 aromatic heterocycles. The first kappa shape index (κ1) is 8.08. The van der Waals surface area contributed by atoms with Crippen LogP contribution in [0.2, 0.25) is 0 Å². The molecule has 12 heavy (non-hydrogen) atoms. The van der Waals surface area contributed by atoms with Crippen LogP contribution in [0, 0.1) is 11.3 Å². The molecule has 0 unspecified atom stereocenters. The number of carbonyl (C=O) groups is 1. The van der Waals surface area contributed by atoms with Crippen molar-refractivity contribution < 1.29 is 9.53 Å². The minimum atomic E-state index is -0.861. The molecule has 0 saturated carbocycles. The standard InChI is InChI=1S/C8H6N2O2/c9-5-6-1-3-7(4-2-6)12-8(10)11/h1-4H,(H2,10,11). The van der Waals surface area contributed by atoms with Crippen molar-refractivity contribution in [2.75, 3.05) is 0 Å². The first-order valence-electron chi connectivity index (χ1n) is 3.20. The second kappa shape index (κ2) is 3.39. The van der Waals surface area contributed by atoms with Crippen molar-refractivity contribution in [1.82, 2.24) is 0 Å². The maximum Gasteiger partial charge on any atom is 0.409 e. The van der Waals surface area contributed by atoms with E-state index in [1.54, 1.807) is 0 Å².